The molecule has 1 aliphatic rings. The van der Waals surface area contributed by atoms with Gasteiger partial charge in [-0.15, -0.1) is 0 Å². The molecule has 10 heavy (non-hydrogen) atoms. The first-order valence-corrected chi connectivity index (χ1v) is 4.19. The highest BCUT2D eigenvalue weighted by Gasteiger charge is 2.25. The molecule has 60 valence electrons. The zero-order valence-electron chi connectivity index (χ0n) is 7.22. The van der Waals surface area contributed by atoms with Crippen LogP contribution in [0.1, 0.15) is 26.7 Å². The molecule has 0 radical (unpaired) electrons. The topological polar surface area (TPSA) is 15.3 Å². The lowest BCUT2D eigenvalue weighted by atomic mass is 10.0. The number of nitrogens with one attached hydrogen (secondary N) is 1. The maximum absolute atomic E-state index is 3.23. The Kier molecular flexibility index (Phi) is 2.69. The Morgan fingerprint density at radius 3 is 2.60 bits per heavy atom. The number of hydrogen-bond acceptors (Lipinski definition) is 2. The van der Waals surface area contributed by atoms with E-state index < -0.39 is 0 Å². The van der Waals surface area contributed by atoms with Gasteiger partial charge in [0, 0.05) is 12.6 Å². The van der Waals surface area contributed by atoms with Crippen molar-refractivity contribution in [2.45, 2.75) is 32.7 Å². The zero-order chi connectivity index (χ0) is 7.56. The summed E-state index contributed by atoms with van der Waals surface area (Å²) in [5, 5.41) is 2.35. The van der Waals surface area contributed by atoms with E-state index in [0.29, 0.717) is 0 Å². The number of rotatable bonds is 2. The molecule has 0 aromatic carbocycles. The number of hydrogen-bond donors (Lipinski definition) is 1. The molecular weight excluding hydrogens is 124 g/mol. The number of hydrazine groups is 1. The summed E-state index contributed by atoms with van der Waals surface area (Å²) in [5.41, 5.74) is 3.23. The van der Waals surface area contributed by atoms with Crippen molar-refractivity contribution in [3.05, 3.63) is 0 Å². The van der Waals surface area contributed by atoms with Gasteiger partial charge in [0.1, 0.15) is 0 Å². The summed E-state index contributed by atoms with van der Waals surface area (Å²) in [6.07, 6.45) is 2.71. The predicted molar refractivity (Wildman–Crippen MR) is 43.6 cm³/mol. The van der Waals surface area contributed by atoms with Gasteiger partial charge in [-0.2, -0.15) is 0 Å². The average Bonchev–Trinajstić information content (AvgIpc) is 2.33. The molecule has 2 heteroatoms. The lowest BCUT2D eigenvalue weighted by molar-refractivity contribution is 0.152. The van der Waals surface area contributed by atoms with Crippen molar-refractivity contribution in [3.63, 3.8) is 0 Å². The minimum absolute atomic E-state index is 0.769. The average molecular weight is 142 g/mol. The molecule has 1 saturated heterocycles. The summed E-state index contributed by atoms with van der Waals surface area (Å²) in [6, 6.07) is 0.769. The molecule has 0 unspecified atom stereocenters. The molecular formula is C8H18N2. The first-order valence-electron chi connectivity index (χ1n) is 4.19. The van der Waals surface area contributed by atoms with E-state index in [2.05, 4.69) is 24.3 Å². The van der Waals surface area contributed by atoms with Gasteiger partial charge < -0.3 is 0 Å². The van der Waals surface area contributed by atoms with Crippen LogP contribution < -0.4 is 5.43 Å². The summed E-state index contributed by atoms with van der Waals surface area (Å²) >= 11 is 0. The first kappa shape index (κ1) is 8.02. The molecule has 1 fully saturated rings. The first-order chi connectivity index (χ1) is 4.75. The van der Waals surface area contributed by atoms with Crippen molar-refractivity contribution in [2.75, 3.05) is 13.6 Å². The molecule has 0 amide bonds. The molecule has 0 bridgehead atoms. The maximum Gasteiger partial charge on any atom is 0.0266 e. The van der Waals surface area contributed by atoms with Gasteiger partial charge in [-0.3, -0.25) is 5.43 Å². The Morgan fingerprint density at radius 1 is 1.50 bits per heavy atom. The molecule has 0 aliphatic carbocycles. The van der Waals surface area contributed by atoms with Crippen LogP contribution in [0.2, 0.25) is 0 Å². The fourth-order valence-electron chi connectivity index (χ4n) is 1.76. The highest BCUT2D eigenvalue weighted by Crippen LogP contribution is 2.20. The van der Waals surface area contributed by atoms with E-state index in [4.69, 9.17) is 0 Å². The van der Waals surface area contributed by atoms with Gasteiger partial charge in [-0.25, -0.2) is 5.01 Å². The molecule has 0 saturated carbocycles. The maximum atomic E-state index is 3.23. The lowest BCUT2D eigenvalue weighted by Gasteiger charge is -2.26. The van der Waals surface area contributed by atoms with Crippen LogP contribution in [0.25, 0.3) is 0 Å². The predicted octanol–water partition coefficient (Wildman–Crippen LogP) is 1.24. The van der Waals surface area contributed by atoms with Crippen LogP contribution in [-0.4, -0.2) is 24.6 Å². The molecule has 0 spiro atoms. The van der Waals surface area contributed by atoms with E-state index in [1.165, 1.54) is 19.4 Å². The van der Waals surface area contributed by atoms with E-state index in [0.717, 1.165) is 12.0 Å². The van der Waals surface area contributed by atoms with Crippen LogP contribution in [0, 0.1) is 5.92 Å². The largest absolute Gasteiger partial charge is 0.258 e. The summed E-state index contributed by atoms with van der Waals surface area (Å²) < 4.78 is 0. The summed E-state index contributed by atoms with van der Waals surface area (Å²) in [7, 11) is 2.01. The van der Waals surface area contributed by atoms with Crippen molar-refractivity contribution in [3.8, 4) is 0 Å². The molecule has 1 rings (SSSR count). The van der Waals surface area contributed by atoms with E-state index in [1.807, 2.05) is 7.05 Å². The Bertz CT molecular complexity index is 101. The summed E-state index contributed by atoms with van der Waals surface area (Å²) in [4.78, 5) is 0. The van der Waals surface area contributed by atoms with Crippen LogP contribution in [0.4, 0.5) is 0 Å². The number of nitrogens with zero attached hydrogens (tertiary/aromatic N) is 1. The lowest BCUT2D eigenvalue weighted by Crippen LogP contribution is -2.41. The normalized spacial score (nSPS) is 28.2. The van der Waals surface area contributed by atoms with Gasteiger partial charge in [-0.1, -0.05) is 13.8 Å². The SMILES string of the molecule is CNN1CCC[C@H]1C(C)C. The third-order valence-corrected chi connectivity index (χ3v) is 2.36. The van der Waals surface area contributed by atoms with Gasteiger partial charge in [0.25, 0.3) is 0 Å². The van der Waals surface area contributed by atoms with E-state index in [9.17, 15) is 0 Å². The van der Waals surface area contributed by atoms with Crippen molar-refractivity contribution in [2.24, 2.45) is 5.92 Å². The minimum atomic E-state index is 0.769. The van der Waals surface area contributed by atoms with Crippen molar-refractivity contribution in [1.29, 1.82) is 0 Å². The van der Waals surface area contributed by atoms with Crippen LogP contribution in [-0.2, 0) is 0 Å². The van der Waals surface area contributed by atoms with E-state index in [-0.39, 0.29) is 0 Å². The fraction of sp³-hybridized carbons (Fsp3) is 1.00. The van der Waals surface area contributed by atoms with Gasteiger partial charge >= 0.3 is 0 Å². The third-order valence-electron chi connectivity index (χ3n) is 2.36. The second kappa shape index (κ2) is 3.35. The van der Waals surface area contributed by atoms with Crippen LogP contribution >= 0.6 is 0 Å². The summed E-state index contributed by atoms with van der Waals surface area (Å²) in [5.74, 6) is 0.787. The Hall–Kier alpha value is -0.0800. The van der Waals surface area contributed by atoms with Crippen molar-refractivity contribution >= 4 is 0 Å². The van der Waals surface area contributed by atoms with Crippen LogP contribution in [0.3, 0.4) is 0 Å². The smallest absolute Gasteiger partial charge is 0.0266 e. The van der Waals surface area contributed by atoms with Gasteiger partial charge in [0.05, 0.1) is 0 Å². The molecule has 2 nitrogen and oxygen atoms in total. The van der Waals surface area contributed by atoms with Gasteiger partial charge in [0.15, 0.2) is 0 Å². The molecule has 1 atom stereocenters. The van der Waals surface area contributed by atoms with Crippen molar-refractivity contribution in [1.82, 2.24) is 10.4 Å². The molecule has 0 aromatic heterocycles. The summed E-state index contributed by atoms with van der Waals surface area (Å²) in [6.45, 7) is 5.81. The quantitative estimate of drug-likeness (QED) is 0.624. The van der Waals surface area contributed by atoms with E-state index >= 15 is 0 Å². The fourth-order valence-corrected chi connectivity index (χ4v) is 1.76. The minimum Gasteiger partial charge on any atom is -0.258 e. The Labute approximate surface area is 63.6 Å². The molecule has 0 aromatic rings. The highest BCUT2D eigenvalue weighted by molar-refractivity contribution is 4.77. The molecule has 1 heterocycles. The second-order valence-electron chi connectivity index (χ2n) is 3.37. The molecule has 1 N–H and O–H groups in total. The Morgan fingerprint density at radius 2 is 2.20 bits per heavy atom. The van der Waals surface area contributed by atoms with Crippen LogP contribution in [0.15, 0.2) is 0 Å². The Balaban J connectivity index is 2.42. The van der Waals surface area contributed by atoms with E-state index in [1.54, 1.807) is 0 Å². The zero-order valence-corrected chi connectivity index (χ0v) is 7.22. The standard InChI is InChI=1S/C8H18N2/c1-7(2)8-5-4-6-10(8)9-3/h7-9H,4-6H2,1-3H3/t8-/m0/s1. The second-order valence-corrected chi connectivity index (χ2v) is 3.37. The third kappa shape index (κ3) is 1.50. The van der Waals surface area contributed by atoms with Crippen molar-refractivity contribution < 1.29 is 0 Å². The highest BCUT2D eigenvalue weighted by atomic mass is 15.5. The molecule has 1 aliphatic heterocycles. The van der Waals surface area contributed by atoms with Gasteiger partial charge in [-0.05, 0) is 25.8 Å². The monoisotopic (exact) mass is 142 g/mol. The van der Waals surface area contributed by atoms with Gasteiger partial charge in [0.2, 0.25) is 0 Å². The van der Waals surface area contributed by atoms with Crippen LogP contribution in [0.5, 0.6) is 0 Å².